The lowest BCUT2D eigenvalue weighted by Gasteiger charge is -2.33. The van der Waals surface area contributed by atoms with Gasteiger partial charge < -0.3 is 15.1 Å². The molecule has 1 N–H and O–H groups in total. The Morgan fingerprint density at radius 3 is 3.06 bits per heavy atom. The second-order valence-corrected chi connectivity index (χ2v) is 5.80. The molecule has 0 aromatic carbocycles. The third kappa shape index (κ3) is 2.91. The Morgan fingerprint density at radius 1 is 1.67 bits per heavy atom. The molecule has 2 heterocycles. The van der Waals surface area contributed by atoms with Crippen LogP contribution in [0.15, 0.2) is 11.4 Å². The monoisotopic (exact) mass is 267 g/mol. The number of rotatable bonds is 3. The van der Waals surface area contributed by atoms with E-state index in [1.807, 2.05) is 19.4 Å². The van der Waals surface area contributed by atoms with Crippen molar-refractivity contribution in [2.75, 3.05) is 38.6 Å². The molecule has 1 aromatic rings. The van der Waals surface area contributed by atoms with E-state index in [4.69, 9.17) is 0 Å². The average molecular weight is 267 g/mol. The number of amides is 1. The van der Waals surface area contributed by atoms with Crippen LogP contribution in [0.5, 0.6) is 0 Å². The van der Waals surface area contributed by atoms with E-state index in [2.05, 4.69) is 23.3 Å². The maximum Gasteiger partial charge on any atom is 0.228 e. The van der Waals surface area contributed by atoms with Crippen LogP contribution in [0, 0.1) is 6.92 Å². The summed E-state index contributed by atoms with van der Waals surface area (Å²) in [5.41, 5.74) is 1.17. The number of aryl methyl sites for hydroxylation is 1. The van der Waals surface area contributed by atoms with Gasteiger partial charge in [0.25, 0.3) is 0 Å². The molecule has 5 heteroatoms. The molecular weight excluding hydrogens is 246 g/mol. The summed E-state index contributed by atoms with van der Waals surface area (Å²) in [7, 11) is 3.96. The van der Waals surface area contributed by atoms with Gasteiger partial charge in [-0.25, -0.2) is 0 Å². The van der Waals surface area contributed by atoms with Gasteiger partial charge in [-0.2, -0.15) is 0 Å². The fourth-order valence-electron chi connectivity index (χ4n) is 2.25. The molecule has 1 aliphatic heterocycles. The van der Waals surface area contributed by atoms with Crippen LogP contribution in [0.25, 0.3) is 0 Å². The standard InChI is InChI=1S/C13H21N3OS/c1-10-4-7-18-13(10)16(3)12(17)8-11-9-14-5-6-15(11)2/h4,7,11,14H,5-6,8-9H2,1-3H3. The van der Waals surface area contributed by atoms with Crippen molar-refractivity contribution in [3.8, 4) is 0 Å². The van der Waals surface area contributed by atoms with Crippen molar-refractivity contribution in [1.82, 2.24) is 10.2 Å². The lowest BCUT2D eigenvalue weighted by atomic mass is 10.1. The van der Waals surface area contributed by atoms with Crippen molar-refractivity contribution in [2.45, 2.75) is 19.4 Å². The Hall–Kier alpha value is -0.910. The molecular formula is C13H21N3OS. The Balaban J connectivity index is 1.97. The summed E-state index contributed by atoms with van der Waals surface area (Å²) in [4.78, 5) is 16.3. The lowest BCUT2D eigenvalue weighted by Crippen LogP contribution is -2.51. The Morgan fingerprint density at radius 2 is 2.44 bits per heavy atom. The van der Waals surface area contributed by atoms with Gasteiger partial charge in [-0.3, -0.25) is 4.79 Å². The zero-order valence-corrected chi connectivity index (χ0v) is 12.1. The Bertz CT molecular complexity index is 418. The van der Waals surface area contributed by atoms with Crippen LogP contribution < -0.4 is 10.2 Å². The minimum absolute atomic E-state index is 0.195. The van der Waals surface area contributed by atoms with Crippen LogP contribution in [0.1, 0.15) is 12.0 Å². The second-order valence-electron chi connectivity index (χ2n) is 4.90. The summed E-state index contributed by atoms with van der Waals surface area (Å²) in [5, 5.41) is 6.44. The molecule has 1 aliphatic rings. The highest BCUT2D eigenvalue weighted by Gasteiger charge is 2.24. The van der Waals surface area contributed by atoms with Gasteiger partial charge in [0.1, 0.15) is 5.00 Å². The molecule has 1 aromatic heterocycles. The fraction of sp³-hybridized carbons (Fsp3) is 0.615. The molecule has 1 saturated heterocycles. The molecule has 4 nitrogen and oxygen atoms in total. The summed E-state index contributed by atoms with van der Waals surface area (Å²) < 4.78 is 0. The molecule has 2 rings (SSSR count). The van der Waals surface area contributed by atoms with Crippen molar-refractivity contribution in [1.29, 1.82) is 0 Å². The molecule has 1 fully saturated rings. The minimum atomic E-state index is 0.195. The summed E-state index contributed by atoms with van der Waals surface area (Å²) in [6.45, 7) is 4.98. The van der Waals surface area contributed by atoms with Crippen molar-refractivity contribution in [3.05, 3.63) is 17.0 Å². The number of likely N-dealkylation sites (N-methyl/N-ethyl adjacent to an activating group) is 1. The average Bonchev–Trinajstić information content (AvgIpc) is 2.77. The van der Waals surface area contributed by atoms with Crippen molar-refractivity contribution in [2.24, 2.45) is 0 Å². The van der Waals surface area contributed by atoms with Gasteiger partial charge in [0.05, 0.1) is 0 Å². The third-order valence-corrected chi connectivity index (χ3v) is 4.66. The molecule has 0 aliphatic carbocycles. The molecule has 100 valence electrons. The van der Waals surface area contributed by atoms with Gasteiger partial charge in [-0.1, -0.05) is 0 Å². The predicted octanol–water partition coefficient (Wildman–Crippen LogP) is 1.31. The normalized spacial score (nSPS) is 20.9. The number of hydrogen-bond acceptors (Lipinski definition) is 4. The number of thiophene rings is 1. The highest BCUT2D eigenvalue weighted by atomic mass is 32.1. The van der Waals surface area contributed by atoms with E-state index in [9.17, 15) is 4.79 Å². The van der Waals surface area contributed by atoms with E-state index < -0.39 is 0 Å². The van der Waals surface area contributed by atoms with Crippen LogP contribution in [-0.2, 0) is 4.79 Å². The van der Waals surface area contributed by atoms with Gasteiger partial charge in [0.2, 0.25) is 5.91 Å². The van der Waals surface area contributed by atoms with Crippen LogP contribution >= 0.6 is 11.3 Å². The van der Waals surface area contributed by atoms with E-state index >= 15 is 0 Å². The van der Waals surface area contributed by atoms with Crippen molar-refractivity contribution in [3.63, 3.8) is 0 Å². The van der Waals surface area contributed by atoms with E-state index in [-0.39, 0.29) is 5.91 Å². The van der Waals surface area contributed by atoms with Gasteiger partial charge >= 0.3 is 0 Å². The summed E-state index contributed by atoms with van der Waals surface area (Å²) in [5.74, 6) is 0.195. The minimum Gasteiger partial charge on any atom is -0.314 e. The van der Waals surface area contributed by atoms with Gasteiger partial charge in [0.15, 0.2) is 0 Å². The third-order valence-electron chi connectivity index (χ3n) is 3.57. The number of piperazine rings is 1. The molecule has 0 bridgehead atoms. The van der Waals surface area contributed by atoms with Crippen LogP contribution in [0.4, 0.5) is 5.00 Å². The number of carbonyl (C=O) groups is 1. The summed E-state index contributed by atoms with van der Waals surface area (Å²) >= 11 is 1.62. The quantitative estimate of drug-likeness (QED) is 0.897. The first kappa shape index (κ1) is 13.5. The van der Waals surface area contributed by atoms with Crippen LogP contribution in [0.3, 0.4) is 0 Å². The van der Waals surface area contributed by atoms with Crippen LogP contribution in [-0.4, -0.2) is 50.6 Å². The van der Waals surface area contributed by atoms with Gasteiger partial charge in [0, 0.05) is 39.1 Å². The number of hydrogen-bond donors (Lipinski definition) is 1. The maximum atomic E-state index is 12.3. The highest BCUT2D eigenvalue weighted by Crippen LogP contribution is 2.26. The first-order chi connectivity index (χ1) is 8.59. The smallest absolute Gasteiger partial charge is 0.228 e. The fourth-order valence-corrected chi connectivity index (χ4v) is 3.17. The SMILES string of the molecule is Cc1ccsc1N(C)C(=O)CC1CNCCN1C. The Kier molecular flexibility index (Phi) is 4.37. The zero-order chi connectivity index (χ0) is 13.1. The topological polar surface area (TPSA) is 35.6 Å². The van der Waals surface area contributed by atoms with Crippen molar-refractivity contribution >= 4 is 22.2 Å². The second kappa shape index (κ2) is 5.82. The summed E-state index contributed by atoms with van der Waals surface area (Å²) in [6.07, 6.45) is 0.581. The first-order valence-corrected chi connectivity index (χ1v) is 7.19. The zero-order valence-electron chi connectivity index (χ0n) is 11.3. The summed E-state index contributed by atoms with van der Waals surface area (Å²) in [6, 6.07) is 2.37. The van der Waals surface area contributed by atoms with E-state index in [0.717, 1.165) is 24.6 Å². The van der Waals surface area contributed by atoms with E-state index in [1.165, 1.54) is 5.56 Å². The number of carbonyl (C=O) groups excluding carboxylic acids is 1. The molecule has 0 radical (unpaired) electrons. The number of nitrogens with one attached hydrogen (secondary N) is 1. The molecule has 0 spiro atoms. The lowest BCUT2D eigenvalue weighted by molar-refractivity contribution is -0.119. The maximum absolute atomic E-state index is 12.3. The largest absolute Gasteiger partial charge is 0.314 e. The van der Waals surface area contributed by atoms with Crippen molar-refractivity contribution < 1.29 is 4.79 Å². The Labute approximate surface area is 113 Å². The predicted molar refractivity (Wildman–Crippen MR) is 76.4 cm³/mol. The van der Waals surface area contributed by atoms with E-state index in [0.29, 0.717) is 12.5 Å². The molecule has 1 atom stereocenters. The number of anilines is 1. The first-order valence-electron chi connectivity index (χ1n) is 6.31. The van der Waals surface area contributed by atoms with Crippen LogP contribution in [0.2, 0.25) is 0 Å². The number of nitrogens with zero attached hydrogens (tertiary/aromatic N) is 2. The molecule has 1 unspecified atom stereocenters. The van der Waals surface area contributed by atoms with E-state index in [1.54, 1.807) is 16.2 Å². The highest BCUT2D eigenvalue weighted by molar-refractivity contribution is 7.14. The molecule has 0 saturated carbocycles. The molecule has 18 heavy (non-hydrogen) atoms. The van der Waals surface area contributed by atoms with Gasteiger partial charge in [-0.15, -0.1) is 11.3 Å². The molecule has 1 amide bonds. The van der Waals surface area contributed by atoms with Gasteiger partial charge in [-0.05, 0) is 31.0 Å².